The summed E-state index contributed by atoms with van der Waals surface area (Å²) in [6.45, 7) is -0.694. The fourth-order valence-corrected chi connectivity index (χ4v) is 4.21. The van der Waals surface area contributed by atoms with Crippen molar-refractivity contribution in [3.8, 4) is 11.1 Å². The molecular formula is C24H16Cl2F4KN3O2. The van der Waals surface area contributed by atoms with Gasteiger partial charge in [0.1, 0.15) is 5.82 Å². The second kappa shape index (κ2) is 11.5. The van der Waals surface area contributed by atoms with Gasteiger partial charge in [0.05, 0.1) is 28.5 Å². The van der Waals surface area contributed by atoms with Crippen molar-refractivity contribution in [2.45, 2.75) is 6.18 Å². The molecule has 0 aliphatic carbocycles. The van der Waals surface area contributed by atoms with E-state index in [2.05, 4.69) is 4.98 Å². The van der Waals surface area contributed by atoms with Gasteiger partial charge >= 0.3 is 57.6 Å². The summed E-state index contributed by atoms with van der Waals surface area (Å²) >= 11 is 12.3. The molecule has 0 unspecified atom stereocenters. The SMILES string of the molecule is CN(C(=O)c1c(F)cccc1Cl)c1ncc(-c2cc([C-]=O)ccc2Cl)cc1N1CC(C(F)(F)F)C1.[K+]. The minimum absolute atomic E-state index is 0. The van der Waals surface area contributed by atoms with Crippen LogP contribution < -0.4 is 61.2 Å². The van der Waals surface area contributed by atoms with Crippen molar-refractivity contribution in [1.82, 2.24) is 4.98 Å². The Bertz CT molecular complexity index is 1300. The van der Waals surface area contributed by atoms with E-state index in [0.29, 0.717) is 11.1 Å². The number of carbonyl (C=O) groups excluding carboxylic acids is 2. The number of anilines is 2. The van der Waals surface area contributed by atoms with Crippen LogP contribution in [0.2, 0.25) is 10.0 Å². The van der Waals surface area contributed by atoms with Crippen LogP contribution in [-0.4, -0.2) is 43.5 Å². The summed E-state index contributed by atoms with van der Waals surface area (Å²) in [6.07, 6.45) is -1.26. The van der Waals surface area contributed by atoms with Crippen LogP contribution in [0.4, 0.5) is 29.1 Å². The summed E-state index contributed by atoms with van der Waals surface area (Å²) in [5.74, 6) is -3.20. The predicted octanol–water partition coefficient (Wildman–Crippen LogP) is 2.93. The number of pyridine rings is 1. The van der Waals surface area contributed by atoms with Gasteiger partial charge < -0.3 is 9.69 Å². The van der Waals surface area contributed by atoms with Crippen molar-refractivity contribution in [3.05, 3.63) is 75.7 Å². The number of amides is 1. The zero-order valence-corrected chi connectivity index (χ0v) is 23.7. The zero-order chi connectivity index (χ0) is 25.5. The Morgan fingerprint density at radius 3 is 2.44 bits per heavy atom. The average Bonchev–Trinajstić information content (AvgIpc) is 2.77. The first-order chi connectivity index (χ1) is 16.5. The topological polar surface area (TPSA) is 53.5 Å². The van der Waals surface area contributed by atoms with E-state index in [0.717, 1.165) is 11.0 Å². The van der Waals surface area contributed by atoms with E-state index in [-0.39, 0.29) is 97.2 Å². The minimum Gasteiger partial charge on any atom is -0.376 e. The maximum Gasteiger partial charge on any atom is 1.00 e. The minimum atomic E-state index is -4.37. The van der Waals surface area contributed by atoms with Gasteiger partial charge in [-0.25, -0.2) is 9.37 Å². The molecule has 0 spiro atoms. The summed E-state index contributed by atoms with van der Waals surface area (Å²) in [5.41, 5.74) is 0.862. The normalized spacial score (nSPS) is 13.6. The van der Waals surface area contributed by atoms with Gasteiger partial charge in [0.25, 0.3) is 5.91 Å². The molecule has 1 fully saturated rings. The molecule has 4 rings (SSSR count). The van der Waals surface area contributed by atoms with Crippen molar-refractivity contribution in [2.24, 2.45) is 5.92 Å². The maximum absolute atomic E-state index is 14.4. The van der Waals surface area contributed by atoms with Crippen LogP contribution in [0.25, 0.3) is 11.1 Å². The van der Waals surface area contributed by atoms with Crippen molar-refractivity contribution < 1.29 is 78.5 Å². The van der Waals surface area contributed by atoms with Crippen LogP contribution in [0, 0.1) is 11.7 Å². The molecular weight excluding hydrogens is 548 g/mol. The first kappa shape index (κ1) is 29.0. The fourth-order valence-electron chi connectivity index (χ4n) is 3.74. The third-order valence-corrected chi connectivity index (χ3v) is 6.37. The van der Waals surface area contributed by atoms with E-state index in [1.54, 1.807) is 6.29 Å². The number of benzene rings is 2. The quantitative estimate of drug-likeness (QED) is 0.272. The number of halogens is 6. The van der Waals surface area contributed by atoms with E-state index in [4.69, 9.17) is 23.2 Å². The molecule has 1 aliphatic rings. The molecule has 0 saturated carbocycles. The summed E-state index contributed by atoms with van der Waals surface area (Å²) < 4.78 is 53.8. The Kier molecular flexibility index (Phi) is 9.25. The van der Waals surface area contributed by atoms with Crippen molar-refractivity contribution >= 4 is 46.9 Å². The molecule has 1 aliphatic heterocycles. The fraction of sp³-hybridized carbons (Fsp3) is 0.208. The number of rotatable bonds is 5. The van der Waals surface area contributed by atoms with Crippen LogP contribution >= 0.6 is 23.2 Å². The number of hydrogen-bond acceptors (Lipinski definition) is 4. The Morgan fingerprint density at radius 1 is 1.14 bits per heavy atom. The van der Waals surface area contributed by atoms with E-state index < -0.39 is 23.8 Å². The Labute approximate surface area is 256 Å². The number of hydrogen-bond donors (Lipinski definition) is 0. The monoisotopic (exact) mass is 563 g/mol. The maximum atomic E-state index is 14.4. The summed E-state index contributed by atoms with van der Waals surface area (Å²) in [4.78, 5) is 30.9. The molecule has 0 N–H and O–H groups in total. The third kappa shape index (κ3) is 5.80. The molecule has 1 saturated heterocycles. The van der Waals surface area contributed by atoms with Crippen LogP contribution in [-0.2, 0) is 4.79 Å². The molecule has 0 atom stereocenters. The summed E-state index contributed by atoms with van der Waals surface area (Å²) in [5, 5.41) is 0.165. The van der Waals surface area contributed by atoms with Crippen LogP contribution in [0.15, 0.2) is 48.7 Å². The number of carbonyl (C=O) groups is 1. The molecule has 2 heterocycles. The second-order valence-corrected chi connectivity index (χ2v) is 8.78. The molecule has 182 valence electrons. The molecule has 1 amide bonds. The first-order valence-corrected chi connectivity index (χ1v) is 11.0. The zero-order valence-electron chi connectivity index (χ0n) is 19.0. The van der Waals surface area contributed by atoms with Gasteiger partial charge in [-0.15, -0.1) is 0 Å². The first-order valence-electron chi connectivity index (χ1n) is 10.2. The van der Waals surface area contributed by atoms with E-state index >= 15 is 0 Å². The van der Waals surface area contributed by atoms with E-state index in [9.17, 15) is 27.2 Å². The van der Waals surface area contributed by atoms with Crippen molar-refractivity contribution in [3.63, 3.8) is 0 Å². The number of aromatic nitrogens is 1. The number of alkyl halides is 3. The largest absolute Gasteiger partial charge is 1.00 e. The molecule has 3 aromatic rings. The number of nitrogens with zero attached hydrogens (tertiary/aromatic N) is 3. The smallest absolute Gasteiger partial charge is 0.376 e. The second-order valence-electron chi connectivity index (χ2n) is 7.97. The van der Waals surface area contributed by atoms with Crippen molar-refractivity contribution in [1.29, 1.82) is 0 Å². The van der Waals surface area contributed by atoms with Gasteiger partial charge in [0, 0.05) is 31.4 Å². The van der Waals surface area contributed by atoms with E-state index in [1.165, 1.54) is 54.5 Å². The standard InChI is InChI=1S/C24H16Cl2F4N3O2.K/c1-32(23(35)21-18(26)3-2-4-19(21)27)22-20(33-10-15(11-33)24(28,29)30)8-14(9-31-22)16-7-13(12-34)5-6-17(16)25;/h2-9,15H,10-11H2,1H3;/q-1;+1. The molecule has 12 heteroatoms. The van der Waals surface area contributed by atoms with Gasteiger partial charge in [-0.05, 0) is 23.8 Å². The average molecular weight is 564 g/mol. The van der Waals surface area contributed by atoms with Gasteiger partial charge in [-0.1, -0.05) is 40.9 Å². The van der Waals surface area contributed by atoms with Crippen LogP contribution in [0.1, 0.15) is 15.9 Å². The van der Waals surface area contributed by atoms with Gasteiger partial charge in [-0.2, -0.15) is 30.9 Å². The third-order valence-electron chi connectivity index (χ3n) is 5.73. The molecule has 5 nitrogen and oxygen atoms in total. The molecule has 1 aromatic heterocycles. The van der Waals surface area contributed by atoms with Gasteiger partial charge in [-0.3, -0.25) is 9.69 Å². The molecule has 0 bridgehead atoms. The molecule has 36 heavy (non-hydrogen) atoms. The van der Waals surface area contributed by atoms with Gasteiger partial charge in [0.15, 0.2) is 5.82 Å². The van der Waals surface area contributed by atoms with Crippen LogP contribution in [0.5, 0.6) is 0 Å². The predicted molar refractivity (Wildman–Crippen MR) is 125 cm³/mol. The van der Waals surface area contributed by atoms with Gasteiger partial charge in [0.2, 0.25) is 0 Å². The Hall–Kier alpha value is -1.53. The summed E-state index contributed by atoms with van der Waals surface area (Å²) in [7, 11) is 1.33. The Morgan fingerprint density at radius 2 is 1.83 bits per heavy atom. The molecule has 2 aromatic carbocycles. The summed E-state index contributed by atoms with van der Waals surface area (Å²) in [6, 6.07) is 9.73. The molecule has 0 radical (unpaired) electrons. The van der Waals surface area contributed by atoms with Crippen molar-refractivity contribution in [2.75, 3.05) is 29.9 Å². The van der Waals surface area contributed by atoms with Crippen LogP contribution in [0.3, 0.4) is 0 Å². The Balaban J connectivity index is 0.00000361. The van der Waals surface area contributed by atoms with E-state index in [1.807, 2.05) is 0 Å².